The zero-order valence-corrected chi connectivity index (χ0v) is 14.3. The van der Waals surface area contributed by atoms with Gasteiger partial charge in [0.1, 0.15) is 0 Å². The summed E-state index contributed by atoms with van der Waals surface area (Å²) >= 11 is 0. The monoisotopic (exact) mass is 338 g/mol. The molecular formula is C19H22N4O2. The summed E-state index contributed by atoms with van der Waals surface area (Å²) in [6.45, 7) is 5.02. The number of hydrogen-bond donors (Lipinski definition) is 1. The van der Waals surface area contributed by atoms with Crippen molar-refractivity contribution >= 4 is 18.0 Å². The molecule has 130 valence electrons. The normalized spacial score (nSPS) is 14.3. The highest BCUT2D eigenvalue weighted by Gasteiger charge is 2.21. The fourth-order valence-corrected chi connectivity index (χ4v) is 2.87. The molecule has 1 aromatic carbocycles. The number of pyridine rings is 1. The predicted molar refractivity (Wildman–Crippen MR) is 96.3 cm³/mol. The minimum absolute atomic E-state index is 0.0439. The first-order valence-corrected chi connectivity index (χ1v) is 8.39. The third kappa shape index (κ3) is 4.15. The van der Waals surface area contributed by atoms with Gasteiger partial charge in [-0.05, 0) is 24.1 Å². The smallest absolute Gasteiger partial charge is 0.255 e. The Morgan fingerprint density at radius 1 is 1.20 bits per heavy atom. The molecule has 3 rings (SSSR count). The molecule has 0 saturated carbocycles. The van der Waals surface area contributed by atoms with Crippen LogP contribution in [0.5, 0.6) is 0 Å². The lowest BCUT2D eigenvalue weighted by atomic mass is 10.1. The predicted octanol–water partition coefficient (Wildman–Crippen LogP) is 1.92. The maximum atomic E-state index is 12.6. The molecular weight excluding hydrogens is 316 g/mol. The van der Waals surface area contributed by atoms with Crippen LogP contribution in [0.15, 0.2) is 42.7 Å². The Morgan fingerprint density at radius 2 is 1.96 bits per heavy atom. The van der Waals surface area contributed by atoms with E-state index in [1.165, 1.54) is 11.1 Å². The number of carbonyl (C=O) groups excluding carboxylic acids is 2. The molecule has 1 aliphatic rings. The molecule has 0 aliphatic carbocycles. The zero-order chi connectivity index (χ0) is 17.6. The lowest BCUT2D eigenvalue weighted by Crippen LogP contribution is -2.48. The van der Waals surface area contributed by atoms with Crippen molar-refractivity contribution < 1.29 is 9.59 Å². The van der Waals surface area contributed by atoms with Gasteiger partial charge in [0.2, 0.25) is 6.41 Å². The second-order valence-corrected chi connectivity index (χ2v) is 6.18. The summed E-state index contributed by atoms with van der Waals surface area (Å²) in [5, 5.41) is 3.33. The molecule has 0 atom stereocenters. The maximum absolute atomic E-state index is 12.6. The highest BCUT2D eigenvalue weighted by molar-refractivity contribution is 5.94. The van der Waals surface area contributed by atoms with Gasteiger partial charge in [-0.1, -0.05) is 24.3 Å². The Morgan fingerprint density at radius 3 is 2.68 bits per heavy atom. The van der Waals surface area contributed by atoms with Crippen LogP contribution in [0.1, 0.15) is 21.5 Å². The number of amides is 2. The van der Waals surface area contributed by atoms with Crippen LogP contribution in [-0.2, 0) is 11.3 Å². The second kappa shape index (κ2) is 7.79. The molecule has 0 radical (unpaired) electrons. The van der Waals surface area contributed by atoms with Gasteiger partial charge in [-0.15, -0.1) is 0 Å². The third-order valence-corrected chi connectivity index (χ3v) is 4.48. The van der Waals surface area contributed by atoms with Gasteiger partial charge < -0.3 is 15.1 Å². The van der Waals surface area contributed by atoms with Gasteiger partial charge in [0.25, 0.3) is 5.91 Å². The van der Waals surface area contributed by atoms with Crippen molar-refractivity contribution in [3.8, 4) is 0 Å². The lowest BCUT2D eigenvalue weighted by Gasteiger charge is -2.32. The molecule has 2 heterocycles. The van der Waals surface area contributed by atoms with Crippen LogP contribution in [0.3, 0.4) is 0 Å². The minimum Gasteiger partial charge on any atom is -0.380 e. The highest BCUT2D eigenvalue weighted by Crippen LogP contribution is 2.15. The maximum Gasteiger partial charge on any atom is 0.255 e. The van der Waals surface area contributed by atoms with E-state index < -0.39 is 0 Å². The first-order chi connectivity index (χ1) is 12.2. The average Bonchev–Trinajstić information content (AvgIpc) is 2.67. The van der Waals surface area contributed by atoms with Crippen LogP contribution in [0.25, 0.3) is 0 Å². The van der Waals surface area contributed by atoms with E-state index >= 15 is 0 Å². The molecule has 0 spiro atoms. The number of anilines is 1. The van der Waals surface area contributed by atoms with Crippen molar-refractivity contribution in [2.45, 2.75) is 13.5 Å². The fraction of sp³-hybridized carbons (Fsp3) is 0.316. The quantitative estimate of drug-likeness (QED) is 0.846. The van der Waals surface area contributed by atoms with E-state index in [1.54, 1.807) is 22.2 Å². The lowest BCUT2D eigenvalue weighted by molar-refractivity contribution is -0.119. The molecule has 6 nitrogen and oxygen atoms in total. The third-order valence-electron chi connectivity index (χ3n) is 4.48. The number of carbonyl (C=O) groups is 2. The number of rotatable bonds is 5. The Labute approximate surface area is 147 Å². The van der Waals surface area contributed by atoms with Crippen LogP contribution in [0.4, 0.5) is 5.69 Å². The van der Waals surface area contributed by atoms with Gasteiger partial charge >= 0.3 is 0 Å². The van der Waals surface area contributed by atoms with Crippen LogP contribution < -0.4 is 5.32 Å². The van der Waals surface area contributed by atoms with E-state index in [1.807, 2.05) is 18.2 Å². The number of benzene rings is 1. The van der Waals surface area contributed by atoms with Gasteiger partial charge in [0.05, 0.1) is 11.3 Å². The standard InChI is InChI=1S/C19H22N4O2/c1-15-4-2-3-5-16(15)12-21-18-10-17(11-20-13-18)19(25)23-8-6-22(14-24)7-9-23/h2-5,10-11,13-14,21H,6-9,12H2,1H3. The Hall–Kier alpha value is -2.89. The molecule has 25 heavy (non-hydrogen) atoms. The Kier molecular flexibility index (Phi) is 5.28. The minimum atomic E-state index is -0.0439. The largest absolute Gasteiger partial charge is 0.380 e. The van der Waals surface area contributed by atoms with Gasteiger partial charge in [-0.3, -0.25) is 14.6 Å². The van der Waals surface area contributed by atoms with E-state index in [4.69, 9.17) is 0 Å². The van der Waals surface area contributed by atoms with E-state index in [0.717, 1.165) is 12.1 Å². The molecule has 1 N–H and O–H groups in total. The molecule has 1 fully saturated rings. The molecule has 6 heteroatoms. The van der Waals surface area contributed by atoms with Crippen molar-refractivity contribution in [2.75, 3.05) is 31.5 Å². The average molecular weight is 338 g/mol. The van der Waals surface area contributed by atoms with E-state index in [2.05, 4.69) is 29.4 Å². The summed E-state index contributed by atoms with van der Waals surface area (Å²) < 4.78 is 0. The van der Waals surface area contributed by atoms with E-state index in [0.29, 0.717) is 38.3 Å². The molecule has 0 bridgehead atoms. The van der Waals surface area contributed by atoms with Crippen molar-refractivity contribution in [1.29, 1.82) is 0 Å². The second-order valence-electron chi connectivity index (χ2n) is 6.18. The Bertz CT molecular complexity index is 755. The fourth-order valence-electron chi connectivity index (χ4n) is 2.87. The summed E-state index contributed by atoms with van der Waals surface area (Å²) in [6.07, 6.45) is 4.15. The zero-order valence-electron chi connectivity index (χ0n) is 14.3. The van der Waals surface area contributed by atoms with Crippen molar-refractivity contribution in [1.82, 2.24) is 14.8 Å². The first kappa shape index (κ1) is 17.0. The Balaban J connectivity index is 1.64. The molecule has 1 aromatic heterocycles. The van der Waals surface area contributed by atoms with E-state index in [-0.39, 0.29) is 5.91 Å². The van der Waals surface area contributed by atoms with Crippen LogP contribution in [0, 0.1) is 6.92 Å². The summed E-state index contributed by atoms with van der Waals surface area (Å²) in [7, 11) is 0. The molecule has 2 aromatic rings. The number of aromatic nitrogens is 1. The number of nitrogens with zero attached hydrogens (tertiary/aromatic N) is 3. The SMILES string of the molecule is Cc1ccccc1CNc1cncc(C(=O)N2CCN(C=O)CC2)c1. The summed E-state index contributed by atoms with van der Waals surface area (Å²) in [5.74, 6) is -0.0439. The van der Waals surface area contributed by atoms with Gasteiger partial charge in [-0.2, -0.15) is 0 Å². The summed E-state index contributed by atoms with van der Waals surface area (Å²) in [5.41, 5.74) is 3.82. The topological polar surface area (TPSA) is 65.5 Å². The van der Waals surface area contributed by atoms with E-state index in [9.17, 15) is 9.59 Å². The van der Waals surface area contributed by atoms with Crippen molar-refractivity contribution in [2.24, 2.45) is 0 Å². The van der Waals surface area contributed by atoms with Gasteiger partial charge in [0.15, 0.2) is 0 Å². The summed E-state index contributed by atoms with van der Waals surface area (Å²) in [6, 6.07) is 10.0. The van der Waals surface area contributed by atoms with Crippen LogP contribution >= 0.6 is 0 Å². The van der Waals surface area contributed by atoms with Crippen molar-refractivity contribution in [3.05, 3.63) is 59.4 Å². The van der Waals surface area contributed by atoms with Gasteiger partial charge in [-0.25, -0.2) is 0 Å². The van der Waals surface area contributed by atoms with Gasteiger partial charge in [0, 0.05) is 45.1 Å². The number of aryl methyl sites for hydroxylation is 1. The van der Waals surface area contributed by atoms with Crippen molar-refractivity contribution in [3.63, 3.8) is 0 Å². The molecule has 0 unspecified atom stereocenters. The number of hydrogen-bond acceptors (Lipinski definition) is 4. The molecule has 2 amide bonds. The first-order valence-electron chi connectivity index (χ1n) is 8.39. The van der Waals surface area contributed by atoms with Crippen LogP contribution in [-0.4, -0.2) is 53.3 Å². The highest BCUT2D eigenvalue weighted by atomic mass is 16.2. The number of piperazine rings is 1. The van der Waals surface area contributed by atoms with Crippen LogP contribution in [0.2, 0.25) is 0 Å². The molecule has 1 saturated heterocycles. The number of nitrogens with one attached hydrogen (secondary N) is 1. The molecule has 1 aliphatic heterocycles. The summed E-state index contributed by atoms with van der Waals surface area (Å²) in [4.78, 5) is 31.0.